The van der Waals surface area contributed by atoms with Crippen LogP contribution in [0, 0.1) is 6.92 Å². The molecular weight excluding hydrogens is 232 g/mol. The maximum Gasteiger partial charge on any atom is 0.221 e. The highest BCUT2D eigenvalue weighted by molar-refractivity contribution is 7.99. The zero-order chi connectivity index (χ0) is 12.3. The van der Waals surface area contributed by atoms with Gasteiger partial charge in [0.15, 0.2) is 0 Å². The van der Waals surface area contributed by atoms with Crippen LogP contribution in [-0.4, -0.2) is 23.5 Å². The lowest BCUT2D eigenvalue weighted by Gasteiger charge is -2.16. The molecule has 1 fully saturated rings. The van der Waals surface area contributed by atoms with Crippen molar-refractivity contribution in [2.75, 3.05) is 22.1 Å². The average molecular weight is 250 g/mol. The van der Waals surface area contributed by atoms with E-state index in [1.165, 1.54) is 30.4 Å². The Labute approximate surface area is 106 Å². The van der Waals surface area contributed by atoms with Gasteiger partial charge in [-0.15, -0.1) is 0 Å². The van der Waals surface area contributed by atoms with E-state index in [0.717, 1.165) is 11.4 Å². The molecule has 92 valence electrons. The van der Waals surface area contributed by atoms with Gasteiger partial charge in [-0.1, -0.05) is 6.07 Å². The van der Waals surface area contributed by atoms with Crippen molar-refractivity contribution in [2.45, 2.75) is 26.3 Å². The summed E-state index contributed by atoms with van der Waals surface area (Å²) in [6.45, 7) is 3.61. The average Bonchev–Trinajstić information content (AvgIpc) is 2.75. The molecule has 1 aromatic carbocycles. The highest BCUT2D eigenvalue weighted by atomic mass is 32.2. The van der Waals surface area contributed by atoms with E-state index in [-0.39, 0.29) is 5.91 Å². The molecule has 1 heterocycles. The standard InChI is InChI=1S/C13H18N2OS/c1-9-3-4-11(14-10(2)16)7-13(9)15-12-5-6-17-8-12/h3-4,7,12,15H,5-6,8H2,1-2H3,(H,14,16). The van der Waals surface area contributed by atoms with E-state index >= 15 is 0 Å². The van der Waals surface area contributed by atoms with E-state index in [0.29, 0.717) is 6.04 Å². The van der Waals surface area contributed by atoms with Gasteiger partial charge in [0.25, 0.3) is 0 Å². The summed E-state index contributed by atoms with van der Waals surface area (Å²) in [6.07, 6.45) is 1.22. The monoisotopic (exact) mass is 250 g/mol. The SMILES string of the molecule is CC(=O)Nc1ccc(C)c(NC2CCSC2)c1. The normalized spacial score (nSPS) is 19.1. The first-order valence-corrected chi connectivity index (χ1v) is 7.03. The first-order valence-electron chi connectivity index (χ1n) is 5.87. The topological polar surface area (TPSA) is 41.1 Å². The van der Waals surface area contributed by atoms with Crippen LogP contribution in [0.15, 0.2) is 18.2 Å². The number of carbonyl (C=O) groups is 1. The second kappa shape index (κ2) is 5.45. The van der Waals surface area contributed by atoms with Crippen molar-refractivity contribution in [1.29, 1.82) is 0 Å². The van der Waals surface area contributed by atoms with Crippen molar-refractivity contribution in [2.24, 2.45) is 0 Å². The summed E-state index contributed by atoms with van der Waals surface area (Å²) in [5.74, 6) is 2.38. The number of benzene rings is 1. The fraction of sp³-hybridized carbons (Fsp3) is 0.462. The number of thioether (sulfide) groups is 1. The molecule has 2 rings (SSSR count). The van der Waals surface area contributed by atoms with E-state index < -0.39 is 0 Å². The third-order valence-corrected chi connectivity index (χ3v) is 4.01. The molecule has 0 radical (unpaired) electrons. The molecule has 17 heavy (non-hydrogen) atoms. The largest absolute Gasteiger partial charge is 0.381 e. The Morgan fingerprint density at radius 2 is 2.29 bits per heavy atom. The Hall–Kier alpha value is -1.16. The Morgan fingerprint density at radius 3 is 2.94 bits per heavy atom. The maximum atomic E-state index is 11.0. The summed E-state index contributed by atoms with van der Waals surface area (Å²) in [6, 6.07) is 6.55. The van der Waals surface area contributed by atoms with Gasteiger partial charge in [0.1, 0.15) is 0 Å². The minimum absolute atomic E-state index is 0.0313. The van der Waals surface area contributed by atoms with Gasteiger partial charge in [-0.05, 0) is 36.8 Å². The van der Waals surface area contributed by atoms with E-state index in [1.807, 2.05) is 30.0 Å². The molecule has 3 nitrogen and oxygen atoms in total. The van der Waals surface area contributed by atoms with E-state index in [9.17, 15) is 4.79 Å². The van der Waals surface area contributed by atoms with Gasteiger partial charge >= 0.3 is 0 Å². The van der Waals surface area contributed by atoms with Crippen LogP contribution in [0.2, 0.25) is 0 Å². The van der Waals surface area contributed by atoms with Gasteiger partial charge in [-0.2, -0.15) is 11.8 Å². The lowest BCUT2D eigenvalue weighted by atomic mass is 10.1. The molecule has 1 atom stereocenters. The minimum atomic E-state index is -0.0313. The number of hydrogen-bond donors (Lipinski definition) is 2. The van der Waals surface area contributed by atoms with Crippen molar-refractivity contribution in [3.8, 4) is 0 Å². The van der Waals surface area contributed by atoms with Crippen molar-refractivity contribution in [3.05, 3.63) is 23.8 Å². The highest BCUT2D eigenvalue weighted by Crippen LogP contribution is 2.25. The number of nitrogens with one attached hydrogen (secondary N) is 2. The predicted molar refractivity (Wildman–Crippen MR) is 74.8 cm³/mol. The van der Waals surface area contributed by atoms with Gasteiger partial charge in [0.05, 0.1) is 0 Å². The second-order valence-corrected chi connectivity index (χ2v) is 5.57. The first-order chi connectivity index (χ1) is 8.15. The van der Waals surface area contributed by atoms with Crippen LogP contribution in [0.3, 0.4) is 0 Å². The zero-order valence-corrected chi connectivity index (χ0v) is 11.1. The molecule has 0 aliphatic carbocycles. The van der Waals surface area contributed by atoms with Crippen molar-refractivity contribution in [1.82, 2.24) is 0 Å². The molecule has 4 heteroatoms. The highest BCUT2D eigenvalue weighted by Gasteiger charge is 2.15. The number of hydrogen-bond acceptors (Lipinski definition) is 3. The lowest BCUT2D eigenvalue weighted by molar-refractivity contribution is -0.114. The smallest absolute Gasteiger partial charge is 0.221 e. The summed E-state index contributed by atoms with van der Waals surface area (Å²) in [4.78, 5) is 11.0. The summed E-state index contributed by atoms with van der Waals surface area (Å²) >= 11 is 1.99. The van der Waals surface area contributed by atoms with E-state index in [2.05, 4.69) is 17.6 Å². The van der Waals surface area contributed by atoms with Crippen molar-refractivity contribution >= 4 is 29.0 Å². The van der Waals surface area contributed by atoms with Gasteiger partial charge in [0, 0.05) is 30.1 Å². The summed E-state index contributed by atoms with van der Waals surface area (Å²) in [5.41, 5.74) is 3.20. The number of rotatable bonds is 3. The molecule has 2 N–H and O–H groups in total. The quantitative estimate of drug-likeness (QED) is 0.866. The first kappa shape index (κ1) is 12.3. The summed E-state index contributed by atoms with van der Waals surface area (Å²) in [7, 11) is 0. The summed E-state index contributed by atoms with van der Waals surface area (Å²) in [5, 5.41) is 6.36. The minimum Gasteiger partial charge on any atom is -0.381 e. The third-order valence-electron chi connectivity index (χ3n) is 2.85. The number of anilines is 2. The second-order valence-electron chi connectivity index (χ2n) is 4.42. The van der Waals surface area contributed by atoms with Gasteiger partial charge in [-0.3, -0.25) is 4.79 Å². The number of carbonyl (C=O) groups excluding carboxylic acids is 1. The molecule has 1 aromatic rings. The molecule has 1 unspecified atom stereocenters. The molecule has 1 aliphatic heterocycles. The van der Waals surface area contributed by atoms with Crippen LogP contribution in [0.1, 0.15) is 18.9 Å². The fourth-order valence-corrected chi connectivity index (χ4v) is 3.08. The Balaban J connectivity index is 2.10. The molecule has 0 saturated carbocycles. The molecule has 1 aliphatic rings. The molecule has 0 spiro atoms. The van der Waals surface area contributed by atoms with Gasteiger partial charge < -0.3 is 10.6 Å². The van der Waals surface area contributed by atoms with Crippen LogP contribution in [0.25, 0.3) is 0 Å². The van der Waals surface area contributed by atoms with Gasteiger partial charge in [-0.25, -0.2) is 0 Å². The number of amides is 1. The van der Waals surface area contributed by atoms with Gasteiger partial charge in [0.2, 0.25) is 5.91 Å². The van der Waals surface area contributed by atoms with Crippen LogP contribution in [0.4, 0.5) is 11.4 Å². The Morgan fingerprint density at radius 1 is 1.47 bits per heavy atom. The number of aryl methyl sites for hydroxylation is 1. The Kier molecular flexibility index (Phi) is 3.94. The van der Waals surface area contributed by atoms with Crippen LogP contribution in [-0.2, 0) is 4.79 Å². The van der Waals surface area contributed by atoms with Crippen LogP contribution >= 0.6 is 11.8 Å². The zero-order valence-electron chi connectivity index (χ0n) is 10.2. The Bertz CT molecular complexity index is 414. The van der Waals surface area contributed by atoms with Crippen LogP contribution < -0.4 is 10.6 Å². The van der Waals surface area contributed by atoms with Crippen molar-refractivity contribution in [3.63, 3.8) is 0 Å². The predicted octanol–water partition coefficient (Wildman–Crippen LogP) is 2.87. The van der Waals surface area contributed by atoms with Crippen LogP contribution in [0.5, 0.6) is 0 Å². The fourth-order valence-electron chi connectivity index (χ4n) is 1.93. The maximum absolute atomic E-state index is 11.0. The molecule has 1 saturated heterocycles. The molecule has 0 bridgehead atoms. The lowest BCUT2D eigenvalue weighted by Crippen LogP contribution is -2.19. The van der Waals surface area contributed by atoms with E-state index in [4.69, 9.17) is 0 Å². The molecular formula is C13H18N2OS. The van der Waals surface area contributed by atoms with Crippen molar-refractivity contribution < 1.29 is 4.79 Å². The third kappa shape index (κ3) is 3.40. The molecule has 1 amide bonds. The molecule has 0 aromatic heterocycles. The summed E-state index contributed by atoms with van der Waals surface area (Å²) < 4.78 is 0. The van der Waals surface area contributed by atoms with E-state index in [1.54, 1.807) is 0 Å².